The molecule has 1 aliphatic carbocycles. The summed E-state index contributed by atoms with van der Waals surface area (Å²) in [5, 5.41) is 12.2. The van der Waals surface area contributed by atoms with E-state index in [0.29, 0.717) is 12.8 Å². The second-order valence-corrected chi connectivity index (χ2v) is 4.83. The molecule has 1 aromatic rings. The molecule has 0 bridgehead atoms. The van der Waals surface area contributed by atoms with Crippen LogP contribution >= 0.6 is 0 Å². The van der Waals surface area contributed by atoms with Gasteiger partial charge in [-0.05, 0) is 18.4 Å². The van der Waals surface area contributed by atoms with Crippen molar-refractivity contribution in [2.45, 2.75) is 18.9 Å². The molecule has 88 valence electrons. The number of hydrogen-bond acceptors (Lipinski definition) is 2. The summed E-state index contributed by atoms with van der Waals surface area (Å²) < 4.78 is 0. The highest BCUT2D eigenvalue weighted by Gasteiger charge is 2.65. The van der Waals surface area contributed by atoms with Gasteiger partial charge in [0.25, 0.3) is 0 Å². The number of carbonyl (C=O) groups is 2. The van der Waals surface area contributed by atoms with Crippen molar-refractivity contribution >= 4 is 11.9 Å². The molecular formula is C13H13NO3. The zero-order valence-electron chi connectivity index (χ0n) is 9.22. The van der Waals surface area contributed by atoms with Crippen molar-refractivity contribution in [3.8, 4) is 0 Å². The van der Waals surface area contributed by atoms with Gasteiger partial charge in [-0.1, -0.05) is 30.3 Å². The van der Waals surface area contributed by atoms with Gasteiger partial charge in [0.2, 0.25) is 5.91 Å². The van der Waals surface area contributed by atoms with Crippen LogP contribution in [0, 0.1) is 11.3 Å². The van der Waals surface area contributed by atoms with Gasteiger partial charge in [0.05, 0.1) is 17.4 Å². The van der Waals surface area contributed by atoms with Gasteiger partial charge in [-0.2, -0.15) is 0 Å². The number of amides is 1. The third-order valence-electron chi connectivity index (χ3n) is 3.88. The van der Waals surface area contributed by atoms with Gasteiger partial charge in [0.1, 0.15) is 0 Å². The van der Waals surface area contributed by atoms with Crippen LogP contribution in [0.5, 0.6) is 0 Å². The van der Waals surface area contributed by atoms with Gasteiger partial charge in [-0.25, -0.2) is 0 Å². The Morgan fingerprint density at radius 3 is 2.47 bits per heavy atom. The highest BCUT2D eigenvalue weighted by molar-refractivity contribution is 5.95. The highest BCUT2D eigenvalue weighted by atomic mass is 16.4. The lowest BCUT2D eigenvalue weighted by molar-refractivity contribution is -0.145. The predicted octanol–water partition coefficient (Wildman–Crippen LogP) is 1.34. The molecule has 2 aliphatic rings. The van der Waals surface area contributed by atoms with Crippen molar-refractivity contribution in [1.82, 2.24) is 5.32 Å². The molecule has 3 rings (SSSR count). The fraction of sp³-hybridized carbons (Fsp3) is 0.385. The van der Waals surface area contributed by atoms with Gasteiger partial charge < -0.3 is 10.4 Å². The Kier molecular flexibility index (Phi) is 2.02. The van der Waals surface area contributed by atoms with E-state index < -0.39 is 17.3 Å². The lowest BCUT2D eigenvalue weighted by atomic mass is 9.84. The first-order valence-corrected chi connectivity index (χ1v) is 5.74. The largest absolute Gasteiger partial charge is 0.481 e. The topological polar surface area (TPSA) is 66.4 Å². The monoisotopic (exact) mass is 231 g/mol. The fourth-order valence-corrected chi connectivity index (χ4v) is 2.82. The Morgan fingerprint density at radius 2 is 1.94 bits per heavy atom. The average molecular weight is 231 g/mol. The quantitative estimate of drug-likeness (QED) is 0.807. The van der Waals surface area contributed by atoms with E-state index in [1.165, 1.54) is 0 Å². The summed E-state index contributed by atoms with van der Waals surface area (Å²) in [6.07, 6.45) is 1.39. The maximum atomic E-state index is 11.9. The van der Waals surface area contributed by atoms with Gasteiger partial charge >= 0.3 is 5.97 Å². The first-order chi connectivity index (χ1) is 8.15. The van der Waals surface area contributed by atoms with Crippen molar-refractivity contribution in [2.75, 3.05) is 0 Å². The van der Waals surface area contributed by atoms with Gasteiger partial charge in [-0.3, -0.25) is 9.59 Å². The molecule has 1 aromatic carbocycles. The van der Waals surface area contributed by atoms with Crippen LogP contribution in [-0.4, -0.2) is 17.0 Å². The van der Waals surface area contributed by atoms with Crippen LogP contribution in [0.15, 0.2) is 30.3 Å². The zero-order valence-corrected chi connectivity index (χ0v) is 9.22. The smallest absolute Gasteiger partial charge is 0.310 e. The molecule has 1 aliphatic heterocycles. The number of benzene rings is 1. The number of nitrogens with one attached hydrogen (secondary N) is 1. The molecule has 2 N–H and O–H groups in total. The normalized spacial score (nSPS) is 29.1. The number of aliphatic carboxylic acids is 1. The third kappa shape index (κ3) is 1.37. The molecule has 2 unspecified atom stereocenters. The minimum atomic E-state index is -0.880. The molecule has 1 amide bonds. The van der Waals surface area contributed by atoms with E-state index in [9.17, 15) is 14.7 Å². The number of carbonyl (C=O) groups excluding carboxylic acids is 1. The molecule has 4 nitrogen and oxygen atoms in total. The Hall–Kier alpha value is -1.84. The Morgan fingerprint density at radius 1 is 1.29 bits per heavy atom. The molecule has 1 heterocycles. The third-order valence-corrected chi connectivity index (χ3v) is 3.88. The van der Waals surface area contributed by atoms with Crippen molar-refractivity contribution in [3.05, 3.63) is 35.9 Å². The van der Waals surface area contributed by atoms with Crippen molar-refractivity contribution in [2.24, 2.45) is 11.3 Å². The van der Waals surface area contributed by atoms with Gasteiger partial charge in [0.15, 0.2) is 0 Å². The first-order valence-electron chi connectivity index (χ1n) is 5.74. The highest BCUT2D eigenvalue weighted by Crippen LogP contribution is 2.59. The van der Waals surface area contributed by atoms with E-state index in [-0.39, 0.29) is 11.9 Å². The van der Waals surface area contributed by atoms with Crippen molar-refractivity contribution < 1.29 is 14.7 Å². The number of rotatable bonds is 2. The Balaban J connectivity index is 2.01. The van der Waals surface area contributed by atoms with Crippen LogP contribution in [0.3, 0.4) is 0 Å². The van der Waals surface area contributed by atoms with E-state index in [1.54, 1.807) is 0 Å². The first kappa shape index (κ1) is 10.3. The van der Waals surface area contributed by atoms with Gasteiger partial charge in [0, 0.05) is 0 Å². The fourth-order valence-electron chi connectivity index (χ4n) is 2.82. The number of carboxylic acids is 1. The minimum Gasteiger partial charge on any atom is -0.481 e. The van der Waals surface area contributed by atoms with Crippen LogP contribution in [0.2, 0.25) is 0 Å². The molecule has 0 aromatic heterocycles. The molecule has 1 saturated carbocycles. The summed E-state index contributed by atoms with van der Waals surface area (Å²) in [4.78, 5) is 23.3. The standard InChI is InChI=1S/C13H13NO3/c15-11(16)9-10(8-4-2-1-3-5-8)14-12(17)13(9)6-7-13/h1-5,9-10H,6-7H2,(H,14,17)(H,15,16). The van der Waals surface area contributed by atoms with Crippen LogP contribution in [0.4, 0.5) is 0 Å². The lowest BCUT2D eigenvalue weighted by Crippen LogP contribution is -2.26. The molecule has 1 spiro atoms. The Bertz CT molecular complexity index is 479. The summed E-state index contributed by atoms with van der Waals surface area (Å²) in [6.45, 7) is 0. The molecule has 4 heteroatoms. The van der Waals surface area contributed by atoms with Gasteiger partial charge in [-0.15, -0.1) is 0 Å². The molecule has 2 fully saturated rings. The molecule has 2 atom stereocenters. The second kappa shape index (κ2) is 3.32. The van der Waals surface area contributed by atoms with E-state index in [0.717, 1.165) is 5.56 Å². The maximum absolute atomic E-state index is 11.9. The van der Waals surface area contributed by atoms with Crippen molar-refractivity contribution in [1.29, 1.82) is 0 Å². The second-order valence-electron chi connectivity index (χ2n) is 4.83. The van der Waals surface area contributed by atoms with Crippen LogP contribution in [0.1, 0.15) is 24.4 Å². The van der Waals surface area contributed by atoms with Crippen molar-refractivity contribution in [3.63, 3.8) is 0 Å². The number of carboxylic acid groups (broad SMARTS) is 1. The Labute approximate surface area is 98.6 Å². The summed E-state index contributed by atoms with van der Waals surface area (Å²) in [7, 11) is 0. The molecular weight excluding hydrogens is 218 g/mol. The van der Waals surface area contributed by atoms with Crippen LogP contribution in [0.25, 0.3) is 0 Å². The molecule has 17 heavy (non-hydrogen) atoms. The summed E-state index contributed by atoms with van der Waals surface area (Å²) in [6, 6.07) is 8.94. The van der Waals surface area contributed by atoms with Crippen LogP contribution < -0.4 is 5.32 Å². The minimum absolute atomic E-state index is 0.0984. The summed E-state index contributed by atoms with van der Waals surface area (Å²) in [5.41, 5.74) is 0.240. The predicted molar refractivity (Wildman–Crippen MR) is 60.1 cm³/mol. The van der Waals surface area contributed by atoms with E-state index in [1.807, 2.05) is 30.3 Å². The zero-order chi connectivity index (χ0) is 12.0. The lowest BCUT2D eigenvalue weighted by Gasteiger charge is -2.18. The SMILES string of the molecule is O=C(O)C1C(c2ccccc2)NC(=O)C12CC2. The van der Waals surface area contributed by atoms with E-state index in [2.05, 4.69) is 5.32 Å². The van der Waals surface area contributed by atoms with E-state index >= 15 is 0 Å². The molecule has 1 saturated heterocycles. The number of hydrogen-bond donors (Lipinski definition) is 2. The maximum Gasteiger partial charge on any atom is 0.310 e. The van der Waals surface area contributed by atoms with E-state index in [4.69, 9.17) is 0 Å². The average Bonchev–Trinajstić information content (AvgIpc) is 3.04. The summed E-state index contributed by atoms with van der Waals surface area (Å²) >= 11 is 0. The summed E-state index contributed by atoms with van der Waals surface area (Å²) in [5.74, 6) is -1.61. The van der Waals surface area contributed by atoms with Crippen LogP contribution in [-0.2, 0) is 9.59 Å². The molecule has 0 radical (unpaired) electrons.